The quantitative estimate of drug-likeness (QED) is 0.435. The van der Waals surface area contributed by atoms with Gasteiger partial charge in [-0.1, -0.05) is 36.0 Å². The summed E-state index contributed by atoms with van der Waals surface area (Å²) in [6.07, 6.45) is 0. The Balaban J connectivity index is 1.64. The third-order valence-corrected chi connectivity index (χ3v) is 8.51. The fourth-order valence-corrected chi connectivity index (χ4v) is 6.18. The molecule has 0 bridgehead atoms. The van der Waals surface area contributed by atoms with E-state index in [2.05, 4.69) is 0 Å². The Kier molecular flexibility index (Phi) is 7.70. The van der Waals surface area contributed by atoms with Crippen LogP contribution < -0.4 is 4.90 Å². The molecule has 0 radical (unpaired) electrons. The summed E-state index contributed by atoms with van der Waals surface area (Å²) in [5.41, 5.74) is 2.01. The Labute approximate surface area is 204 Å². The predicted octanol–water partition coefficient (Wildman–Crippen LogP) is 4.41. The topological polar surface area (TPSA) is 76.1 Å². The molecular formula is C25H26N2O5S2. The first kappa shape index (κ1) is 24.4. The van der Waals surface area contributed by atoms with Crippen molar-refractivity contribution in [2.45, 2.75) is 14.7 Å². The smallest absolute Gasteiger partial charge is 0.262 e. The van der Waals surface area contributed by atoms with Crippen LogP contribution in [0.3, 0.4) is 0 Å². The maximum Gasteiger partial charge on any atom is 0.262 e. The molecule has 34 heavy (non-hydrogen) atoms. The van der Waals surface area contributed by atoms with E-state index in [9.17, 15) is 13.2 Å². The normalized spacial score (nSPS) is 13.0. The van der Waals surface area contributed by atoms with Gasteiger partial charge in [-0.05, 0) is 48.5 Å². The van der Waals surface area contributed by atoms with E-state index >= 15 is 0 Å². The Bertz CT molecular complexity index is 1210. The molecule has 0 aliphatic carbocycles. The van der Waals surface area contributed by atoms with E-state index in [1.165, 1.54) is 30.7 Å². The Morgan fingerprint density at radius 2 is 1.32 bits per heavy atom. The molecule has 0 saturated heterocycles. The summed E-state index contributed by atoms with van der Waals surface area (Å²) in [6, 6.07) is 21.6. The van der Waals surface area contributed by atoms with Crippen molar-refractivity contribution < 1.29 is 22.7 Å². The minimum atomic E-state index is -3.77. The van der Waals surface area contributed by atoms with Crippen LogP contribution in [-0.4, -0.2) is 59.2 Å². The summed E-state index contributed by atoms with van der Waals surface area (Å²) in [7, 11) is -0.716. The zero-order valence-electron chi connectivity index (χ0n) is 19.0. The monoisotopic (exact) mass is 498 g/mol. The van der Waals surface area contributed by atoms with Gasteiger partial charge in [-0.2, -0.15) is 4.31 Å². The van der Waals surface area contributed by atoms with E-state index in [4.69, 9.17) is 9.47 Å². The molecule has 0 atom stereocenters. The number of benzene rings is 3. The second-order valence-corrected chi connectivity index (χ2v) is 10.6. The maximum absolute atomic E-state index is 13.6. The van der Waals surface area contributed by atoms with Crippen molar-refractivity contribution in [1.29, 1.82) is 0 Å². The van der Waals surface area contributed by atoms with Crippen LogP contribution >= 0.6 is 11.8 Å². The van der Waals surface area contributed by atoms with Crippen molar-refractivity contribution in [2.24, 2.45) is 0 Å². The summed E-state index contributed by atoms with van der Waals surface area (Å²) in [5.74, 6) is -0.222. The van der Waals surface area contributed by atoms with Crippen LogP contribution in [0.15, 0.2) is 87.5 Å². The Morgan fingerprint density at radius 1 is 0.824 bits per heavy atom. The van der Waals surface area contributed by atoms with E-state index in [-0.39, 0.29) is 37.1 Å². The molecule has 178 valence electrons. The molecular weight excluding hydrogens is 472 g/mol. The number of nitrogens with zero attached hydrogens (tertiary/aromatic N) is 2. The van der Waals surface area contributed by atoms with Crippen LogP contribution in [0.4, 0.5) is 11.4 Å². The van der Waals surface area contributed by atoms with E-state index in [1.807, 2.05) is 48.5 Å². The van der Waals surface area contributed by atoms with Gasteiger partial charge in [-0.15, -0.1) is 0 Å². The zero-order chi connectivity index (χ0) is 24.1. The third-order valence-electron chi connectivity index (χ3n) is 5.46. The first-order valence-electron chi connectivity index (χ1n) is 10.8. The lowest BCUT2D eigenvalue weighted by molar-refractivity contribution is 0.0998. The summed E-state index contributed by atoms with van der Waals surface area (Å²) >= 11 is 1.62. The second-order valence-electron chi connectivity index (χ2n) is 7.59. The fraction of sp³-hybridized carbons (Fsp3) is 0.240. The van der Waals surface area contributed by atoms with Gasteiger partial charge in [0, 0.05) is 42.7 Å². The van der Waals surface area contributed by atoms with Crippen molar-refractivity contribution in [3.05, 3.63) is 78.4 Å². The minimum Gasteiger partial charge on any atom is -0.383 e. The molecule has 1 heterocycles. The zero-order valence-corrected chi connectivity index (χ0v) is 20.6. The summed E-state index contributed by atoms with van der Waals surface area (Å²) in [4.78, 5) is 17.4. The number of carbonyl (C=O) groups excluding carboxylic acids is 1. The van der Waals surface area contributed by atoms with Gasteiger partial charge in [-0.3, -0.25) is 9.69 Å². The molecule has 0 unspecified atom stereocenters. The van der Waals surface area contributed by atoms with Crippen LogP contribution in [0.1, 0.15) is 10.4 Å². The van der Waals surface area contributed by atoms with Gasteiger partial charge in [-0.25, -0.2) is 8.42 Å². The minimum absolute atomic E-state index is 0.117. The van der Waals surface area contributed by atoms with Gasteiger partial charge in [0.2, 0.25) is 10.0 Å². The van der Waals surface area contributed by atoms with Gasteiger partial charge >= 0.3 is 0 Å². The van der Waals surface area contributed by atoms with Crippen molar-refractivity contribution in [3.8, 4) is 0 Å². The molecule has 4 rings (SSSR count). The van der Waals surface area contributed by atoms with Crippen LogP contribution in [0.5, 0.6) is 0 Å². The molecule has 1 aliphatic heterocycles. The van der Waals surface area contributed by atoms with Crippen molar-refractivity contribution in [1.82, 2.24) is 4.31 Å². The number of rotatable bonds is 9. The third kappa shape index (κ3) is 4.89. The summed E-state index contributed by atoms with van der Waals surface area (Å²) < 4.78 is 37.8. The largest absolute Gasteiger partial charge is 0.383 e. The number of methoxy groups -OCH3 is 2. The van der Waals surface area contributed by atoms with Gasteiger partial charge in [0.25, 0.3) is 5.91 Å². The molecule has 0 saturated carbocycles. The molecule has 1 amide bonds. The number of para-hydroxylation sites is 2. The molecule has 0 fully saturated rings. The lowest BCUT2D eigenvalue weighted by Crippen LogP contribution is -2.36. The number of amides is 1. The number of carbonyl (C=O) groups is 1. The van der Waals surface area contributed by atoms with Crippen LogP contribution in [0, 0.1) is 0 Å². The second kappa shape index (κ2) is 10.7. The molecule has 3 aromatic rings. The summed E-state index contributed by atoms with van der Waals surface area (Å²) in [5, 5.41) is 0. The van der Waals surface area contributed by atoms with Gasteiger partial charge in [0.05, 0.1) is 29.5 Å². The fourth-order valence-electron chi connectivity index (χ4n) is 3.71. The molecule has 3 aromatic carbocycles. The molecule has 0 N–H and O–H groups in total. The molecule has 1 aliphatic rings. The standard InChI is InChI=1S/C25H26N2O5S2/c1-31-17-15-26(16-18-32-2)34(29,30)20-13-11-19(12-14-20)25(28)27-21-7-3-5-9-23(21)33-24-10-6-4-8-22(24)27/h3-14H,15-18H2,1-2H3. The lowest BCUT2D eigenvalue weighted by atomic mass is 10.1. The van der Waals surface area contributed by atoms with Crippen molar-refractivity contribution >= 4 is 39.1 Å². The molecule has 0 spiro atoms. The lowest BCUT2D eigenvalue weighted by Gasteiger charge is -2.31. The number of hydrogen-bond acceptors (Lipinski definition) is 6. The Morgan fingerprint density at radius 3 is 1.82 bits per heavy atom. The van der Waals surface area contributed by atoms with Crippen molar-refractivity contribution in [2.75, 3.05) is 45.4 Å². The SMILES string of the molecule is COCCN(CCOC)S(=O)(=O)c1ccc(C(=O)N2c3ccccc3Sc3ccccc32)cc1. The highest BCUT2D eigenvalue weighted by Gasteiger charge is 2.29. The average Bonchev–Trinajstić information content (AvgIpc) is 2.87. The van der Waals surface area contributed by atoms with Gasteiger partial charge < -0.3 is 9.47 Å². The number of fused-ring (bicyclic) bond motifs is 2. The van der Waals surface area contributed by atoms with E-state index in [0.717, 1.165) is 21.2 Å². The van der Waals surface area contributed by atoms with E-state index in [1.54, 1.807) is 28.8 Å². The highest BCUT2D eigenvalue weighted by molar-refractivity contribution is 7.99. The highest BCUT2D eigenvalue weighted by Crippen LogP contribution is 2.48. The first-order chi connectivity index (χ1) is 16.5. The van der Waals surface area contributed by atoms with E-state index in [0.29, 0.717) is 5.56 Å². The number of anilines is 2. The first-order valence-corrected chi connectivity index (χ1v) is 13.0. The molecule has 7 nitrogen and oxygen atoms in total. The van der Waals surface area contributed by atoms with Crippen LogP contribution in [0.2, 0.25) is 0 Å². The maximum atomic E-state index is 13.6. The molecule has 0 aromatic heterocycles. The number of ether oxygens (including phenoxy) is 2. The van der Waals surface area contributed by atoms with Crippen LogP contribution in [-0.2, 0) is 19.5 Å². The van der Waals surface area contributed by atoms with Crippen molar-refractivity contribution in [3.63, 3.8) is 0 Å². The predicted molar refractivity (Wildman–Crippen MR) is 132 cm³/mol. The van der Waals surface area contributed by atoms with E-state index < -0.39 is 10.0 Å². The van der Waals surface area contributed by atoms with Gasteiger partial charge in [0.15, 0.2) is 0 Å². The van der Waals surface area contributed by atoms with Crippen LogP contribution in [0.25, 0.3) is 0 Å². The summed E-state index contributed by atoms with van der Waals surface area (Å²) in [6.45, 7) is 0.959. The number of sulfonamides is 1. The highest BCUT2D eigenvalue weighted by atomic mass is 32.2. The van der Waals surface area contributed by atoms with Gasteiger partial charge in [0.1, 0.15) is 0 Å². The number of hydrogen-bond donors (Lipinski definition) is 0. The molecule has 9 heteroatoms. The Hall–Kier alpha value is -2.69. The average molecular weight is 499 g/mol.